The number of rotatable bonds is 8. The van der Waals surface area contributed by atoms with Crippen LogP contribution in [0, 0.1) is 6.92 Å². The van der Waals surface area contributed by atoms with Crippen LogP contribution in [0.2, 0.25) is 0 Å². The number of amides is 1. The summed E-state index contributed by atoms with van der Waals surface area (Å²) in [6, 6.07) is 20.0. The van der Waals surface area contributed by atoms with Gasteiger partial charge in [-0.25, -0.2) is 0 Å². The van der Waals surface area contributed by atoms with E-state index in [1.807, 2.05) is 49.4 Å². The Morgan fingerprint density at radius 2 is 1.63 bits per heavy atom. The molecule has 30 heavy (non-hydrogen) atoms. The molecular formula is C24H23NO4S. The number of methoxy groups -OCH3 is 2. The zero-order valence-corrected chi connectivity index (χ0v) is 17.9. The summed E-state index contributed by atoms with van der Waals surface area (Å²) >= 11 is 1.41. The van der Waals surface area contributed by atoms with Gasteiger partial charge in [-0.2, -0.15) is 0 Å². The minimum Gasteiger partial charge on any atom is -0.493 e. The van der Waals surface area contributed by atoms with Crippen molar-refractivity contribution >= 4 is 29.1 Å². The van der Waals surface area contributed by atoms with Crippen molar-refractivity contribution < 1.29 is 19.1 Å². The van der Waals surface area contributed by atoms with Crippen LogP contribution in [-0.4, -0.2) is 31.7 Å². The standard InChI is InChI=1S/C24H23NO4S/c1-16-6-4-7-18(12-16)24(27)25-19-8-5-9-20(14-19)30-15-21(26)17-10-11-22(28-2)23(13-17)29-3/h4-14H,15H2,1-3H3,(H,25,27). The zero-order chi connectivity index (χ0) is 21.5. The lowest BCUT2D eigenvalue weighted by Gasteiger charge is -2.10. The van der Waals surface area contributed by atoms with Crippen molar-refractivity contribution in [1.82, 2.24) is 0 Å². The second kappa shape index (κ2) is 9.98. The van der Waals surface area contributed by atoms with Crippen LogP contribution in [0.5, 0.6) is 11.5 Å². The first-order chi connectivity index (χ1) is 14.5. The van der Waals surface area contributed by atoms with Crippen molar-refractivity contribution in [2.45, 2.75) is 11.8 Å². The highest BCUT2D eigenvalue weighted by Gasteiger charge is 2.12. The van der Waals surface area contributed by atoms with Crippen molar-refractivity contribution in [3.05, 3.63) is 83.4 Å². The highest BCUT2D eigenvalue weighted by Crippen LogP contribution is 2.29. The Bertz CT molecular complexity index is 1060. The van der Waals surface area contributed by atoms with E-state index >= 15 is 0 Å². The van der Waals surface area contributed by atoms with Crippen molar-refractivity contribution in [3.63, 3.8) is 0 Å². The van der Waals surface area contributed by atoms with Gasteiger partial charge in [0.25, 0.3) is 5.91 Å². The van der Waals surface area contributed by atoms with Crippen molar-refractivity contribution in [1.29, 1.82) is 0 Å². The van der Waals surface area contributed by atoms with Crippen LogP contribution in [-0.2, 0) is 0 Å². The molecule has 1 amide bonds. The first-order valence-electron chi connectivity index (χ1n) is 9.36. The maximum Gasteiger partial charge on any atom is 0.255 e. The molecule has 0 aromatic heterocycles. The fourth-order valence-corrected chi connectivity index (χ4v) is 3.74. The number of anilines is 1. The molecule has 154 valence electrons. The molecule has 0 bridgehead atoms. The number of hydrogen-bond donors (Lipinski definition) is 1. The molecule has 3 rings (SSSR count). The van der Waals surface area contributed by atoms with Crippen molar-refractivity contribution in [2.75, 3.05) is 25.3 Å². The SMILES string of the molecule is COc1ccc(C(=O)CSc2cccc(NC(=O)c3cccc(C)c3)c2)cc1OC. The number of nitrogens with one attached hydrogen (secondary N) is 1. The minimum absolute atomic E-state index is 0.0184. The van der Waals surface area contributed by atoms with E-state index in [2.05, 4.69) is 5.32 Å². The Labute approximate surface area is 180 Å². The molecule has 3 aromatic carbocycles. The number of aryl methyl sites for hydroxylation is 1. The van der Waals surface area contributed by atoms with Crippen LogP contribution in [0.1, 0.15) is 26.3 Å². The van der Waals surface area contributed by atoms with Crippen LogP contribution in [0.3, 0.4) is 0 Å². The van der Waals surface area contributed by atoms with E-state index in [4.69, 9.17) is 9.47 Å². The van der Waals surface area contributed by atoms with Crippen molar-refractivity contribution in [3.8, 4) is 11.5 Å². The van der Waals surface area contributed by atoms with Crippen LogP contribution in [0.15, 0.2) is 71.6 Å². The lowest BCUT2D eigenvalue weighted by molar-refractivity contribution is 0.101. The fraction of sp³-hybridized carbons (Fsp3) is 0.167. The predicted molar refractivity (Wildman–Crippen MR) is 120 cm³/mol. The summed E-state index contributed by atoms with van der Waals surface area (Å²) in [4.78, 5) is 25.9. The van der Waals surface area contributed by atoms with Crippen molar-refractivity contribution in [2.24, 2.45) is 0 Å². The molecule has 3 aromatic rings. The third kappa shape index (κ3) is 5.42. The summed E-state index contributed by atoms with van der Waals surface area (Å²) in [5, 5.41) is 2.91. The minimum atomic E-state index is -0.165. The molecule has 6 heteroatoms. The van der Waals surface area contributed by atoms with E-state index in [0.717, 1.165) is 10.5 Å². The highest BCUT2D eigenvalue weighted by atomic mass is 32.2. The second-order valence-electron chi connectivity index (χ2n) is 6.63. The van der Waals surface area contributed by atoms with E-state index in [9.17, 15) is 9.59 Å². The Hall–Kier alpha value is -3.25. The number of carbonyl (C=O) groups excluding carboxylic acids is 2. The van der Waals surface area contributed by atoms with E-state index < -0.39 is 0 Å². The van der Waals surface area contributed by atoms with Gasteiger partial charge in [-0.05, 0) is 55.5 Å². The molecule has 5 nitrogen and oxygen atoms in total. The van der Waals surface area contributed by atoms with E-state index in [1.165, 1.54) is 18.9 Å². The van der Waals surface area contributed by atoms with Gasteiger partial charge in [0.15, 0.2) is 17.3 Å². The summed E-state index contributed by atoms with van der Waals surface area (Å²) < 4.78 is 10.5. The molecule has 0 saturated heterocycles. The molecule has 0 aliphatic heterocycles. The molecule has 0 unspecified atom stereocenters. The first kappa shape index (κ1) is 21.5. The Morgan fingerprint density at radius 1 is 0.867 bits per heavy atom. The Balaban J connectivity index is 1.64. The molecule has 0 heterocycles. The molecule has 0 saturated carbocycles. The largest absolute Gasteiger partial charge is 0.493 e. The summed E-state index contributed by atoms with van der Waals surface area (Å²) in [6.45, 7) is 1.95. The smallest absolute Gasteiger partial charge is 0.255 e. The number of hydrogen-bond acceptors (Lipinski definition) is 5. The predicted octanol–water partition coefficient (Wildman–Crippen LogP) is 5.24. The van der Waals surface area contributed by atoms with Crippen LogP contribution in [0.4, 0.5) is 5.69 Å². The zero-order valence-electron chi connectivity index (χ0n) is 17.1. The van der Waals surface area contributed by atoms with Gasteiger partial charge in [0.1, 0.15) is 0 Å². The average molecular weight is 422 g/mol. The van der Waals surface area contributed by atoms with Crippen LogP contribution >= 0.6 is 11.8 Å². The number of carbonyl (C=O) groups is 2. The average Bonchev–Trinajstić information content (AvgIpc) is 2.77. The Morgan fingerprint density at radius 3 is 2.37 bits per heavy atom. The van der Waals surface area contributed by atoms with Gasteiger partial charge in [-0.15, -0.1) is 11.8 Å². The first-order valence-corrected chi connectivity index (χ1v) is 10.3. The van der Waals surface area contributed by atoms with Gasteiger partial charge in [-0.1, -0.05) is 23.8 Å². The van der Waals surface area contributed by atoms with E-state index in [0.29, 0.717) is 28.3 Å². The maximum atomic E-state index is 12.6. The molecule has 0 fully saturated rings. The second-order valence-corrected chi connectivity index (χ2v) is 7.68. The van der Waals surface area contributed by atoms with E-state index in [1.54, 1.807) is 31.4 Å². The monoisotopic (exact) mass is 421 g/mol. The molecule has 1 N–H and O–H groups in total. The number of Topliss-reactive ketones (excluding diaryl/α,β-unsaturated/α-hetero) is 1. The van der Waals surface area contributed by atoms with E-state index in [-0.39, 0.29) is 17.4 Å². The molecule has 0 aliphatic carbocycles. The van der Waals surface area contributed by atoms with Crippen LogP contribution < -0.4 is 14.8 Å². The lowest BCUT2D eigenvalue weighted by atomic mass is 10.1. The van der Waals surface area contributed by atoms with Gasteiger partial charge in [0, 0.05) is 21.7 Å². The highest BCUT2D eigenvalue weighted by molar-refractivity contribution is 8.00. The van der Waals surface area contributed by atoms with Crippen LogP contribution in [0.25, 0.3) is 0 Å². The summed E-state index contributed by atoms with van der Waals surface area (Å²) in [7, 11) is 3.09. The number of benzene rings is 3. The third-order valence-electron chi connectivity index (χ3n) is 4.45. The summed E-state index contributed by atoms with van der Waals surface area (Å²) in [6.07, 6.45) is 0. The number of ether oxygens (including phenoxy) is 2. The molecule has 0 atom stereocenters. The molecule has 0 spiro atoms. The Kier molecular flexibility index (Phi) is 7.14. The maximum absolute atomic E-state index is 12.6. The fourth-order valence-electron chi connectivity index (χ4n) is 2.90. The number of ketones is 1. The normalized spacial score (nSPS) is 10.4. The third-order valence-corrected chi connectivity index (χ3v) is 5.44. The topological polar surface area (TPSA) is 64.6 Å². The van der Waals surface area contributed by atoms with Gasteiger partial charge in [-0.3, -0.25) is 9.59 Å². The van der Waals surface area contributed by atoms with Gasteiger partial charge < -0.3 is 14.8 Å². The van der Waals surface area contributed by atoms with Gasteiger partial charge >= 0.3 is 0 Å². The molecule has 0 radical (unpaired) electrons. The lowest BCUT2D eigenvalue weighted by Crippen LogP contribution is -2.11. The van der Waals surface area contributed by atoms with Gasteiger partial charge in [0.05, 0.1) is 20.0 Å². The number of thioether (sulfide) groups is 1. The molecule has 0 aliphatic rings. The van der Waals surface area contributed by atoms with Gasteiger partial charge in [0.2, 0.25) is 0 Å². The summed E-state index contributed by atoms with van der Waals surface area (Å²) in [5.41, 5.74) is 2.88. The summed E-state index contributed by atoms with van der Waals surface area (Å²) in [5.74, 6) is 1.19. The quantitative estimate of drug-likeness (QED) is 0.398. The molecular weight excluding hydrogens is 398 g/mol.